The summed E-state index contributed by atoms with van der Waals surface area (Å²) in [4.78, 5) is 0. The number of hydrogen-bond acceptors (Lipinski definition) is 0. The SMILES string of the molecule is [Y].c1ccc(P(c2ccccc2)c2ccccc2)cc1. The maximum Gasteiger partial charge on any atom is 0 e. The minimum absolute atomic E-state index is 0. The molecule has 20 heavy (non-hydrogen) atoms. The van der Waals surface area contributed by atoms with E-state index in [9.17, 15) is 0 Å². The van der Waals surface area contributed by atoms with Gasteiger partial charge in [0, 0.05) is 32.7 Å². The summed E-state index contributed by atoms with van der Waals surface area (Å²) in [7, 11) is -0.446. The van der Waals surface area contributed by atoms with Gasteiger partial charge in [-0.15, -0.1) is 0 Å². The molecule has 0 aliphatic heterocycles. The van der Waals surface area contributed by atoms with Crippen molar-refractivity contribution in [3.8, 4) is 0 Å². The first-order valence-electron chi connectivity index (χ1n) is 6.40. The molecule has 3 aromatic carbocycles. The predicted molar refractivity (Wildman–Crippen MR) is 85.1 cm³/mol. The summed E-state index contributed by atoms with van der Waals surface area (Å²) in [6.07, 6.45) is 0. The molecule has 0 N–H and O–H groups in total. The Kier molecular flexibility index (Phi) is 6.11. The second-order valence-corrected chi connectivity index (χ2v) is 6.56. The van der Waals surface area contributed by atoms with E-state index in [4.69, 9.17) is 0 Å². The van der Waals surface area contributed by atoms with E-state index in [2.05, 4.69) is 91.0 Å². The molecule has 0 spiro atoms. The van der Waals surface area contributed by atoms with Gasteiger partial charge >= 0.3 is 0 Å². The Morgan fingerprint density at radius 3 is 0.900 bits per heavy atom. The third-order valence-electron chi connectivity index (χ3n) is 3.04. The number of hydrogen-bond donors (Lipinski definition) is 0. The van der Waals surface area contributed by atoms with Crippen molar-refractivity contribution in [3.05, 3.63) is 91.0 Å². The van der Waals surface area contributed by atoms with E-state index < -0.39 is 7.92 Å². The molecule has 0 heterocycles. The predicted octanol–water partition coefficient (Wildman–Crippen LogP) is 3.44. The molecule has 3 rings (SSSR count). The van der Waals surface area contributed by atoms with Crippen molar-refractivity contribution in [1.82, 2.24) is 0 Å². The third kappa shape index (κ3) is 3.64. The Morgan fingerprint density at radius 2 is 0.650 bits per heavy atom. The van der Waals surface area contributed by atoms with Gasteiger partial charge in [-0.25, -0.2) is 0 Å². The van der Waals surface area contributed by atoms with E-state index in [1.807, 2.05) is 0 Å². The van der Waals surface area contributed by atoms with E-state index in [0.717, 1.165) is 0 Å². The van der Waals surface area contributed by atoms with Crippen molar-refractivity contribution in [3.63, 3.8) is 0 Å². The van der Waals surface area contributed by atoms with Gasteiger partial charge in [0.15, 0.2) is 0 Å². The van der Waals surface area contributed by atoms with E-state index in [-0.39, 0.29) is 32.7 Å². The fourth-order valence-electron chi connectivity index (χ4n) is 2.18. The smallest absolute Gasteiger partial charge is 0 e. The summed E-state index contributed by atoms with van der Waals surface area (Å²) in [5.74, 6) is 0. The van der Waals surface area contributed by atoms with Crippen LogP contribution < -0.4 is 15.9 Å². The largest absolute Gasteiger partial charge is 0.0622 e. The second-order valence-electron chi connectivity index (χ2n) is 4.34. The van der Waals surface area contributed by atoms with Crippen LogP contribution >= 0.6 is 7.92 Å². The third-order valence-corrected chi connectivity index (χ3v) is 5.49. The van der Waals surface area contributed by atoms with Crippen LogP contribution in [0.5, 0.6) is 0 Å². The van der Waals surface area contributed by atoms with Crippen LogP contribution in [-0.2, 0) is 32.7 Å². The number of rotatable bonds is 3. The van der Waals surface area contributed by atoms with Gasteiger partial charge in [0.05, 0.1) is 0 Å². The molecule has 0 saturated carbocycles. The Morgan fingerprint density at radius 1 is 0.400 bits per heavy atom. The molecule has 0 aromatic heterocycles. The van der Waals surface area contributed by atoms with Crippen LogP contribution in [0.1, 0.15) is 0 Å². The Bertz CT molecular complexity index is 529. The molecule has 95 valence electrons. The van der Waals surface area contributed by atoms with Crippen LogP contribution in [0.2, 0.25) is 0 Å². The van der Waals surface area contributed by atoms with Crippen molar-refractivity contribution >= 4 is 23.8 Å². The normalized spacial score (nSPS) is 10.1. The van der Waals surface area contributed by atoms with Crippen LogP contribution in [0.4, 0.5) is 0 Å². The van der Waals surface area contributed by atoms with Gasteiger partial charge in [-0.2, -0.15) is 0 Å². The molecule has 0 aliphatic rings. The van der Waals surface area contributed by atoms with Gasteiger partial charge in [-0.05, 0) is 23.8 Å². The summed E-state index contributed by atoms with van der Waals surface area (Å²) in [6, 6.07) is 32.3. The van der Waals surface area contributed by atoms with Crippen molar-refractivity contribution in [2.24, 2.45) is 0 Å². The molecule has 1 radical (unpaired) electrons. The first kappa shape index (κ1) is 15.6. The maximum atomic E-state index is 2.23. The minimum Gasteiger partial charge on any atom is -0.0622 e. The molecule has 0 unspecified atom stereocenters. The fourth-order valence-corrected chi connectivity index (χ4v) is 4.48. The first-order valence-corrected chi connectivity index (χ1v) is 7.74. The van der Waals surface area contributed by atoms with E-state index in [1.54, 1.807) is 0 Å². The quantitative estimate of drug-likeness (QED) is 0.635. The van der Waals surface area contributed by atoms with Gasteiger partial charge in [-0.3, -0.25) is 0 Å². The molecule has 0 saturated heterocycles. The standard InChI is InChI=1S/C18H15P.Y/c1-4-10-16(11-5-1)19(17-12-6-2-7-13-17)18-14-8-3-9-15-18;/h1-15H;. The van der Waals surface area contributed by atoms with Crippen molar-refractivity contribution in [1.29, 1.82) is 0 Å². The van der Waals surface area contributed by atoms with Crippen LogP contribution in [0.15, 0.2) is 91.0 Å². The van der Waals surface area contributed by atoms with Crippen LogP contribution in [0.25, 0.3) is 0 Å². The van der Waals surface area contributed by atoms with Gasteiger partial charge in [0.1, 0.15) is 0 Å². The van der Waals surface area contributed by atoms with Crippen LogP contribution in [0, 0.1) is 0 Å². The van der Waals surface area contributed by atoms with Crippen molar-refractivity contribution in [2.45, 2.75) is 0 Å². The Hall–Kier alpha value is -0.806. The monoisotopic (exact) mass is 351 g/mol. The molecule has 0 amide bonds. The van der Waals surface area contributed by atoms with Crippen molar-refractivity contribution < 1.29 is 32.7 Å². The second kappa shape index (κ2) is 7.84. The number of benzene rings is 3. The Balaban J connectivity index is 0.00000147. The first-order chi connectivity index (χ1) is 9.45. The van der Waals surface area contributed by atoms with Crippen LogP contribution in [0.3, 0.4) is 0 Å². The zero-order chi connectivity index (χ0) is 12.9. The fraction of sp³-hybridized carbons (Fsp3) is 0. The van der Waals surface area contributed by atoms with E-state index in [0.29, 0.717) is 0 Å². The van der Waals surface area contributed by atoms with Gasteiger partial charge in [0.25, 0.3) is 0 Å². The molecular formula is C18H15PY. The van der Waals surface area contributed by atoms with Gasteiger partial charge < -0.3 is 0 Å². The zero-order valence-electron chi connectivity index (χ0n) is 11.2. The summed E-state index contributed by atoms with van der Waals surface area (Å²) in [5, 5.41) is 4.19. The molecule has 3 aromatic rings. The Labute approximate surface area is 146 Å². The van der Waals surface area contributed by atoms with E-state index in [1.165, 1.54) is 15.9 Å². The zero-order valence-corrected chi connectivity index (χ0v) is 14.9. The summed E-state index contributed by atoms with van der Waals surface area (Å²) >= 11 is 0. The average Bonchev–Trinajstić information content (AvgIpc) is 2.51. The van der Waals surface area contributed by atoms with Crippen LogP contribution in [-0.4, -0.2) is 0 Å². The van der Waals surface area contributed by atoms with Gasteiger partial charge in [0.2, 0.25) is 0 Å². The topological polar surface area (TPSA) is 0 Å². The minimum atomic E-state index is -0.446. The summed E-state index contributed by atoms with van der Waals surface area (Å²) in [5.41, 5.74) is 0. The summed E-state index contributed by atoms with van der Waals surface area (Å²) in [6.45, 7) is 0. The summed E-state index contributed by atoms with van der Waals surface area (Å²) < 4.78 is 0. The van der Waals surface area contributed by atoms with Gasteiger partial charge in [-0.1, -0.05) is 91.0 Å². The molecule has 0 aliphatic carbocycles. The molecule has 0 bridgehead atoms. The van der Waals surface area contributed by atoms with E-state index >= 15 is 0 Å². The molecule has 0 fully saturated rings. The molecule has 0 nitrogen and oxygen atoms in total. The molecule has 0 atom stereocenters. The van der Waals surface area contributed by atoms with Crippen molar-refractivity contribution in [2.75, 3.05) is 0 Å². The molecule has 2 heteroatoms. The average molecular weight is 351 g/mol. The maximum absolute atomic E-state index is 2.23. The molecular weight excluding hydrogens is 336 g/mol.